The van der Waals surface area contributed by atoms with Gasteiger partial charge in [0.15, 0.2) is 0 Å². The van der Waals surface area contributed by atoms with Crippen LogP contribution in [-0.4, -0.2) is 33.6 Å². The maximum absolute atomic E-state index is 12.3. The maximum atomic E-state index is 12.3. The zero-order valence-corrected chi connectivity index (χ0v) is 15.7. The summed E-state index contributed by atoms with van der Waals surface area (Å²) >= 11 is 12.0. The fraction of sp³-hybridized carbons (Fsp3) is 0.333. The van der Waals surface area contributed by atoms with Crippen molar-refractivity contribution in [2.24, 2.45) is 0 Å². The van der Waals surface area contributed by atoms with E-state index in [4.69, 9.17) is 23.2 Å². The van der Waals surface area contributed by atoms with E-state index in [1.165, 1.54) is 0 Å². The van der Waals surface area contributed by atoms with Gasteiger partial charge in [-0.1, -0.05) is 42.3 Å². The summed E-state index contributed by atoms with van der Waals surface area (Å²) in [4.78, 5) is 18.3. The van der Waals surface area contributed by atoms with Crippen LogP contribution in [0.3, 0.4) is 0 Å². The first-order chi connectivity index (χ1) is 12.0. The molecule has 1 aromatic carbocycles. The van der Waals surface area contributed by atoms with E-state index in [1.807, 2.05) is 29.8 Å². The van der Waals surface area contributed by atoms with Crippen LogP contribution in [-0.2, 0) is 13.1 Å². The molecular weight excluding hydrogens is 359 g/mol. The smallest absolute Gasteiger partial charge is 0.318 e. The molecule has 0 unspecified atom stereocenters. The molecule has 7 heteroatoms. The first-order valence-corrected chi connectivity index (χ1v) is 8.88. The lowest BCUT2D eigenvalue weighted by Gasteiger charge is -2.22. The van der Waals surface area contributed by atoms with Crippen LogP contribution >= 0.6 is 23.2 Å². The van der Waals surface area contributed by atoms with Crippen molar-refractivity contribution in [2.45, 2.75) is 26.4 Å². The van der Waals surface area contributed by atoms with Gasteiger partial charge in [-0.3, -0.25) is 0 Å². The first-order valence-electron chi connectivity index (χ1n) is 8.12. The summed E-state index contributed by atoms with van der Waals surface area (Å²) in [6.45, 7) is 7.84. The van der Waals surface area contributed by atoms with Crippen LogP contribution in [0.4, 0.5) is 4.79 Å². The van der Waals surface area contributed by atoms with Crippen LogP contribution in [0.25, 0.3) is 0 Å². The minimum absolute atomic E-state index is 0.120. The van der Waals surface area contributed by atoms with Gasteiger partial charge in [0.25, 0.3) is 0 Å². The highest BCUT2D eigenvalue weighted by Crippen LogP contribution is 2.23. The van der Waals surface area contributed by atoms with Gasteiger partial charge in [-0.05, 0) is 24.1 Å². The lowest BCUT2D eigenvalue weighted by Crippen LogP contribution is -2.40. The molecule has 0 bridgehead atoms. The van der Waals surface area contributed by atoms with Crippen LogP contribution in [0.2, 0.25) is 10.0 Å². The standard InChI is InChI=1S/C18H22Cl2N4O/c1-3-7-22-18(25)24(9-4-2)13-17-21-8-10-23(17)12-14-5-6-15(19)16(20)11-14/h4-6,8,10-11H,2-3,7,9,12-13H2,1H3,(H,22,25). The first kappa shape index (κ1) is 19.3. The Morgan fingerprint density at radius 1 is 1.40 bits per heavy atom. The molecule has 1 aromatic heterocycles. The van der Waals surface area contributed by atoms with Crippen LogP contribution in [0, 0.1) is 0 Å². The van der Waals surface area contributed by atoms with E-state index in [9.17, 15) is 4.79 Å². The molecule has 1 heterocycles. The maximum Gasteiger partial charge on any atom is 0.318 e. The van der Waals surface area contributed by atoms with Crippen molar-refractivity contribution in [1.29, 1.82) is 0 Å². The number of nitrogens with one attached hydrogen (secondary N) is 1. The second kappa shape index (κ2) is 9.49. The van der Waals surface area contributed by atoms with Gasteiger partial charge in [-0.15, -0.1) is 6.58 Å². The summed E-state index contributed by atoms with van der Waals surface area (Å²) in [5, 5.41) is 3.93. The van der Waals surface area contributed by atoms with Crippen molar-refractivity contribution < 1.29 is 4.79 Å². The predicted octanol–water partition coefficient (Wildman–Crippen LogP) is 4.35. The molecule has 0 radical (unpaired) electrons. The lowest BCUT2D eigenvalue weighted by molar-refractivity contribution is 0.199. The van der Waals surface area contributed by atoms with Crippen molar-refractivity contribution in [2.75, 3.05) is 13.1 Å². The van der Waals surface area contributed by atoms with Crippen molar-refractivity contribution in [1.82, 2.24) is 19.8 Å². The van der Waals surface area contributed by atoms with E-state index in [2.05, 4.69) is 16.9 Å². The summed E-state index contributed by atoms with van der Waals surface area (Å²) in [5.74, 6) is 0.791. The summed E-state index contributed by atoms with van der Waals surface area (Å²) < 4.78 is 1.99. The van der Waals surface area contributed by atoms with E-state index < -0.39 is 0 Å². The van der Waals surface area contributed by atoms with Crippen LogP contribution in [0.15, 0.2) is 43.2 Å². The third-order valence-electron chi connectivity index (χ3n) is 3.63. The van der Waals surface area contributed by atoms with Gasteiger partial charge in [0.05, 0.1) is 16.6 Å². The second-order valence-electron chi connectivity index (χ2n) is 5.62. The van der Waals surface area contributed by atoms with Gasteiger partial charge in [0.1, 0.15) is 5.82 Å². The Kier molecular flexibility index (Phi) is 7.34. The van der Waals surface area contributed by atoms with Crippen LogP contribution in [0.1, 0.15) is 24.7 Å². The predicted molar refractivity (Wildman–Crippen MR) is 102 cm³/mol. The van der Waals surface area contributed by atoms with E-state index in [0.29, 0.717) is 36.2 Å². The summed E-state index contributed by atoms with van der Waals surface area (Å²) in [7, 11) is 0. The number of carbonyl (C=O) groups excluding carboxylic acids is 1. The van der Waals surface area contributed by atoms with E-state index in [0.717, 1.165) is 17.8 Å². The van der Waals surface area contributed by atoms with Gasteiger partial charge in [-0.25, -0.2) is 9.78 Å². The van der Waals surface area contributed by atoms with E-state index >= 15 is 0 Å². The molecule has 2 aromatic rings. The number of rotatable bonds is 8. The zero-order chi connectivity index (χ0) is 18.2. The molecule has 0 atom stereocenters. The molecule has 0 spiro atoms. The van der Waals surface area contributed by atoms with Crippen LogP contribution < -0.4 is 5.32 Å². The molecule has 2 amide bonds. The number of imidazole rings is 1. The van der Waals surface area contributed by atoms with E-state index in [-0.39, 0.29) is 6.03 Å². The molecule has 0 saturated carbocycles. The highest BCUT2D eigenvalue weighted by Gasteiger charge is 2.15. The third kappa shape index (κ3) is 5.51. The zero-order valence-electron chi connectivity index (χ0n) is 14.2. The van der Waals surface area contributed by atoms with Gasteiger partial charge < -0.3 is 14.8 Å². The Bertz CT molecular complexity index is 730. The van der Waals surface area contributed by atoms with Gasteiger partial charge in [0, 0.05) is 32.0 Å². The Hall–Kier alpha value is -1.98. The highest BCUT2D eigenvalue weighted by atomic mass is 35.5. The number of aromatic nitrogens is 2. The van der Waals surface area contributed by atoms with Gasteiger partial charge >= 0.3 is 6.03 Å². The summed E-state index contributed by atoms with van der Waals surface area (Å²) in [6.07, 6.45) is 6.20. The summed E-state index contributed by atoms with van der Waals surface area (Å²) in [6, 6.07) is 5.42. The number of carbonyl (C=O) groups is 1. The summed E-state index contributed by atoms with van der Waals surface area (Å²) in [5.41, 5.74) is 1.01. The number of halogens is 2. The number of benzene rings is 1. The molecule has 2 rings (SSSR count). The fourth-order valence-electron chi connectivity index (χ4n) is 2.36. The molecule has 5 nitrogen and oxygen atoms in total. The SMILES string of the molecule is C=CCN(Cc1nccn1Cc1ccc(Cl)c(Cl)c1)C(=O)NCCC. The third-order valence-corrected chi connectivity index (χ3v) is 4.37. The minimum Gasteiger partial charge on any atom is -0.338 e. The van der Waals surface area contributed by atoms with Gasteiger partial charge in [-0.2, -0.15) is 0 Å². The number of hydrogen-bond donors (Lipinski definition) is 1. The Balaban J connectivity index is 2.11. The largest absolute Gasteiger partial charge is 0.338 e. The molecule has 0 aliphatic rings. The number of amides is 2. The van der Waals surface area contributed by atoms with Crippen LogP contribution in [0.5, 0.6) is 0 Å². The molecule has 0 aliphatic heterocycles. The van der Waals surface area contributed by atoms with Crippen molar-refractivity contribution in [3.05, 3.63) is 64.7 Å². The molecular formula is C18H22Cl2N4O. The molecule has 0 aliphatic carbocycles. The lowest BCUT2D eigenvalue weighted by atomic mass is 10.2. The molecule has 0 fully saturated rings. The minimum atomic E-state index is -0.120. The Morgan fingerprint density at radius 2 is 2.20 bits per heavy atom. The van der Waals surface area contributed by atoms with Crippen molar-refractivity contribution >= 4 is 29.2 Å². The van der Waals surface area contributed by atoms with Crippen molar-refractivity contribution in [3.8, 4) is 0 Å². The normalized spacial score (nSPS) is 10.5. The Labute approximate surface area is 158 Å². The second-order valence-corrected chi connectivity index (χ2v) is 6.44. The highest BCUT2D eigenvalue weighted by molar-refractivity contribution is 6.42. The molecule has 134 valence electrons. The van der Waals surface area contributed by atoms with Crippen molar-refractivity contribution in [3.63, 3.8) is 0 Å². The Morgan fingerprint density at radius 3 is 2.88 bits per heavy atom. The number of urea groups is 1. The molecule has 0 saturated heterocycles. The average Bonchev–Trinajstić information content (AvgIpc) is 3.02. The van der Waals surface area contributed by atoms with Gasteiger partial charge in [0.2, 0.25) is 0 Å². The quantitative estimate of drug-likeness (QED) is 0.692. The topological polar surface area (TPSA) is 50.2 Å². The average molecular weight is 381 g/mol. The fourth-order valence-corrected chi connectivity index (χ4v) is 2.68. The number of nitrogens with zero attached hydrogens (tertiary/aromatic N) is 3. The number of hydrogen-bond acceptors (Lipinski definition) is 2. The monoisotopic (exact) mass is 380 g/mol. The van der Waals surface area contributed by atoms with E-state index in [1.54, 1.807) is 23.2 Å². The molecule has 25 heavy (non-hydrogen) atoms. The molecule has 1 N–H and O–H groups in total.